The van der Waals surface area contributed by atoms with Gasteiger partial charge in [0.25, 0.3) is 0 Å². The van der Waals surface area contributed by atoms with Crippen LogP contribution < -0.4 is 5.73 Å². The number of aromatic nitrogens is 1. The van der Waals surface area contributed by atoms with Crippen molar-refractivity contribution in [3.8, 4) is 0 Å². The summed E-state index contributed by atoms with van der Waals surface area (Å²) < 4.78 is 0. The van der Waals surface area contributed by atoms with Crippen LogP contribution in [0.2, 0.25) is 0 Å². The summed E-state index contributed by atoms with van der Waals surface area (Å²) in [5, 5.41) is 5.88. The molecule has 84 valence electrons. The minimum Gasteiger partial charge on any atom is -0.388 e. The Morgan fingerprint density at radius 2 is 2.62 bits per heavy atom. The summed E-state index contributed by atoms with van der Waals surface area (Å²) in [5.74, 6) is 0. The number of rotatable bonds is 4. The zero-order valence-corrected chi connectivity index (χ0v) is 9.31. The lowest BCUT2D eigenvalue weighted by Crippen LogP contribution is -2.08. The highest BCUT2D eigenvalue weighted by molar-refractivity contribution is 7.13. The second-order valence-corrected chi connectivity index (χ2v) is 4.20. The molecule has 1 atom stereocenters. The van der Waals surface area contributed by atoms with E-state index in [1.165, 1.54) is 11.3 Å². The van der Waals surface area contributed by atoms with Gasteiger partial charge in [0.05, 0.1) is 0 Å². The van der Waals surface area contributed by atoms with Crippen molar-refractivity contribution in [2.24, 2.45) is 5.16 Å². The third-order valence-corrected chi connectivity index (χ3v) is 2.82. The first-order valence-electron chi connectivity index (χ1n) is 4.86. The van der Waals surface area contributed by atoms with Crippen LogP contribution in [0, 0.1) is 0 Å². The predicted molar refractivity (Wildman–Crippen MR) is 62.4 cm³/mol. The second-order valence-electron chi connectivity index (χ2n) is 3.31. The first kappa shape index (κ1) is 10.8. The van der Waals surface area contributed by atoms with Crippen LogP contribution in [0.1, 0.15) is 18.5 Å². The van der Waals surface area contributed by atoms with Gasteiger partial charge in [-0.05, 0) is 18.9 Å². The Balaban J connectivity index is 2.06. The van der Waals surface area contributed by atoms with E-state index in [0.717, 1.165) is 12.8 Å². The van der Waals surface area contributed by atoms with Crippen LogP contribution in [0.3, 0.4) is 0 Å². The van der Waals surface area contributed by atoms with Crippen LogP contribution in [-0.4, -0.2) is 23.1 Å². The first-order chi connectivity index (χ1) is 7.79. The van der Waals surface area contributed by atoms with E-state index in [-0.39, 0.29) is 11.8 Å². The topological polar surface area (TPSA) is 77.6 Å². The number of carbonyl (C=O) groups excluding carboxylic acids is 1. The second kappa shape index (κ2) is 4.89. The number of nitrogens with zero attached hydrogens (tertiary/aromatic N) is 2. The molecule has 5 nitrogen and oxygen atoms in total. The number of hydrogen-bond acceptors (Lipinski definition) is 6. The molecule has 0 fully saturated rings. The zero-order chi connectivity index (χ0) is 11.4. The van der Waals surface area contributed by atoms with Gasteiger partial charge >= 0.3 is 0 Å². The monoisotopic (exact) mass is 237 g/mol. The van der Waals surface area contributed by atoms with Crippen LogP contribution in [0.4, 0.5) is 5.13 Å². The van der Waals surface area contributed by atoms with E-state index < -0.39 is 0 Å². The average molecular weight is 237 g/mol. The van der Waals surface area contributed by atoms with Gasteiger partial charge in [-0.2, -0.15) is 0 Å². The summed E-state index contributed by atoms with van der Waals surface area (Å²) in [6.45, 7) is 0. The highest BCUT2D eigenvalue weighted by atomic mass is 32.1. The number of thiazole rings is 1. The van der Waals surface area contributed by atoms with Gasteiger partial charge in [-0.3, -0.25) is 4.79 Å². The summed E-state index contributed by atoms with van der Waals surface area (Å²) in [6, 6.07) is 0. The quantitative estimate of drug-likeness (QED) is 0.371. The number of anilines is 1. The van der Waals surface area contributed by atoms with Crippen molar-refractivity contribution in [2.45, 2.75) is 18.9 Å². The molecule has 1 aliphatic rings. The third kappa shape index (κ3) is 2.46. The molecule has 0 spiro atoms. The van der Waals surface area contributed by atoms with Crippen LogP contribution in [0.15, 0.2) is 22.7 Å². The molecule has 0 radical (unpaired) electrons. The van der Waals surface area contributed by atoms with Crippen molar-refractivity contribution in [3.63, 3.8) is 0 Å². The van der Waals surface area contributed by atoms with E-state index in [0.29, 0.717) is 17.1 Å². The number of aldehydes is 1. The van der Waals surface area contributed by atoms with Crippen molar-refractivity contribution in [3.05, 3.63) is 23.2 Å². The Labute approximate surface area is 96.6 Å². The standard InChI is InChI=1S/C10H11N3O2S/c11-10-12-9(6-16-10)8(5-14)13-15-7-3-1-2-4-7/h1,3,5-7H,2,4H2,(H2,11,12)/b13-8+. The summed E-state index contributed by atoms with van der Waals surface area (Å²) in [6.07, 6.45) is 6.43. The molecule has 0 aliphatic heterocycles. The molecular weight excluding hydrogens is 226 g/mol. The van der Waals surface area contributed by atoms with Crippen molar-refractivity contribution in [1.29, 1.82) is 0 Å². The minimum absolute atomic E-state index is 0.0362. The molecule has 1 unspecified atom stereocenters. The molecule has 0 bridgehead atoms. The van der Waals surface area contributed by atoms with E-state index in [9.17, 15) is 4.79 Å². The Hall–Kier alpha value is -1.69. The Kier molecular flexibility index (Phi) is 3.31. The number of carbonyl (C=O) groups is 1. The van der Waals surface area contributed by atoms with E-state index in [1.54, 1.807) is 5.38 Å². The van der Waals surface area contributed by atoms with Crippen molar-refractivity contribution < 1.29 is 9.63 Å². The normalized spacial score (nSPS) is 20.0. The Morgan fingerprint density at radius 1 is 1.75 bits per heavy atom. The molecule has 0 aromatic carbocycles. The fourth-order valence-corrected chi connectivity index (χ4v) is 1.91. The number of allylic oxidation sites excluding steroid dienone is 1. The van der Waals surface area contributed by atoms with Crippen molar-refractivity contribution in [1.82, 2.24) is 4.98 Å². The SMILES string of the molecule is Nc1nc(/C(C=O)=N/OC2C=CCC2)cs1. The number of nitrogen functional groups attached to an aromatic ring is 1. The molecule has 1 aliphatic carbocycles. The molecular formula is C10H11N3O2S. The van der Waals surface area contributed by atoms with Gasteiger partial charge in [0.2, 0.25) is 0 Å². The Morgan fingerprint density at radius 3 is 3.19 bits per heavy atom. The van der Waals surface area contributed by atoms with Gasteiger partial charge in [0.1, 0.15) is 11.8 Å². The minimum atomic E-state index is -0.0362. The summed E-state index contributed by atoms with van der Waals surface area (Å²) in [7, 11) is 0. The fraction of sp³-hybridized carbons (Fsp3) is 0.300. The van der Waals surface area contributed by atoms with E-state index in [4.69, 9.17) is 10.6 Å². The lowest BCUT2D eigenvalue weighted by Gasteiger charge is -2.04. The Bertz CT molecular complexity index is 439. The lowest BCUT2D eigenvalue weighted by atomic mass is 10.3. The maximum Gasteiger partial charge on any atom is 0.180 e. The van der Waals surface area contributed by atoms with Crippen molar-refractivity contribution in [2.75, 3.05) is 5.73 Å². The van der Waals surface area contributed by atoms with Gasteiger partial charge in [-0.15, -0.1) is 11.3 Å². The molecule has 16 heavy (non-hydrogen) atoms. The van der Waals surface area contributed by atoms with E-state index in [2.05, 4.69) is 10.1 Å². The van der Waals surface area contributed by atoms with Crippen LogP contribution in [0.5, 0.6) is 0 Å². The van der Waals surface area contributed by atoms with Gasteiger partial charge < -0.3 is 10.6 Å². The summed E-state index contributed by atoms with van der Waals surface area (Å²) >= 11 is 1.26. The van der Waals surface area contributed by atoms with Gasteiger partial charge in [-0.1, -0.05) is 11.2 Å². The first-order valence-corrected chi connectivity index (χ1v) is 5.74. The zero-order valence-electron chi connectivity index (χ0n) is 8.50. The summed E-state index contributed by atoms with van der Waals surface area (Å²) in [5.41, 5.74) is 6.11. The number of nitrogens with two attached hydrogens (primary N) is 1. The molecule has 2 N–H and O–H groups in total. The largest absolute Gasteiger partial charge is 0.388 e. The maximum atomic E-state index is 10.8. The molecule has 0 amide bonds. The summed E-state index contributed by atoms with van der Waals surface area (Å²) in [4.78, 5) is 20.0. The highest BCUT2D eigenvalue weighted by Gasteiger charge is 2.12. The predicted octanol–water partition coefficient (Wildman–Crippen LogP) is 1.36. The van der Waals surface area contributed by atoms with Gasteiger partial charge in [0, 0.05) is 5.38 Å². The fourth-order valence-electron chi connectivity index (χ4n) is 1.35. The third-order valence-electron chi connectivity index (χ3n) is 2.15. The molecule has 0 saturated heterocycles. The smallest absolute Gasteiger partial charge is 0.180 e. The van der Waals surface area contributed by atoms with E-state index >= 15 is 0 Å². The van der Waals surface area contributed by atoms with Gasteiger partial charge in [0.15, 0.2) is 17.1 Å². The van der Waals surface area contributed by atoms with E-state index in [1.807, 2.05) is 12.2 Å². The van der Waals surface area contributed by atoms with Crippen molar-refractivity contribution >= 4 is 28.5 Å². The van der Waals surface area contributed by atoms with Gasteiger partial charge in [-0.25, -0.2) is 4.98 Å². The molecule has 2 rings (SSSR count). The number of hydrogen-bond donors (Lipinski definition) is 1. The van der Waals surface area contributed by atoms with Crippen LogP contribution in [0.25, 0.3) is 0 Å². The van der Waals surface area contributed by atoms with Crippen LogP contribution >= 0.6 is 11.3 Å². The highest BCUT2D eigenvalue weighted by Crippen LogP contribution is 2.15. The molecule has 1 aromatic rings. The molecule has 0 saturated carbocycles. The lowest BCUT2D eigenvalue weighted by molar-refractivity contribution is -0.102. The number of oxime groups is 1. The van der Waals surface area contributed by atoms with Crippen LogP contribution in [-0.2, 0) is 9.63 Å². The molecule has 6 heteroatoms. The maximum absolute atomic E-state index is 10.8. The average Bonchev–Trinajstić information content (AvgIpc) is 2.91. The molecule has 1 aromatic heterocycles. The molecule has 1 heterocycles.